The molecule has 5 nitrogen and oxygen atoms in total. The maximum absolute atomic E-state index is 13.3. The summed E-state index contributed by atoms with van der Waals surface area (Å²) < 4.78 is 12.7. The lowest BCUT2D eigenvalue weighted by Gasteiger charge is -2.33. The van der Waals surface area contributed by atoms with Crippen molar-refractivity contribution in [3.8, 4) is 5.75 Å². The summed E-state index contributed by atoms with van der Waals surface area (Å²) in [5.74, 6) is 0.353. The number of quaternary nitrogens is 1. The van der Waals surface area contributed by atoms with E-state index in [0.717, 1.165) is 68.4 Å². The Morgan fingerprint density at radius 2 is 1.69 bits per heavy atom. The molecule has 32 heavy (non-hydrogen) atoms. The monoisotopic (exact) mass is 438 g/mol. The summed E-state index contributed by atoms with van der Waals surface area (Å²) >= 11 is 0. The molecule has 4 rings (SSSR count). The van der Waals surface area contributed by atoms with E-state index in [4.69, 9.17) is 9.47 Å². The minimum Gasteiger partial charge on any atom is -0.493 e. The Morgan fingerprint density at radius 1 is 1.03 bits per heavy atom. The molecule has 3 atom stereocenters. The van der Waals surface area contributed by atoms with Crippen LogP contribution >= 0.6 is 0 Å². The van der Waals surface area contributed by atoms with Crippen LogP contribution in [0.25, 0.3) is 0 Å². The van der Waals surface area contributed by atoms with E-state index in [2.05, 4.69) is 7.05 Å². The standard InChI is InChI=1S/C27H36NO4/c1-28(18-10-20-31-24-15-6-3-7-16-24)19-17-25(21-28)32-26(29)27(30,23-13-8-9-14-23)22-11-4-2-5-12-22/h2-7,11-12,15-16,23,25,30H,8-10,13-14,17-21H2,1H3/q+1. The first-order valence-electron chi connectivity index (χ1n) is 12.0. The summed E-state index contributed by atoms with van der Waals surface area (Å²) in [6, 6.07) is 19.2. The molecule has 172 valence electrons. The molecule has 2 aromatic carbocycles. The fourth-order valence-corrected chi connectivity index (χ4v) is 5.38. The predicted octanol–water partition coefficient (Wildman–Crippen LogP) is 4.30. The van der Waals surface area contributed by atoms with Gasteiger partial charge in [0.05, 0.1) is 26.7 Å². The second-order valence-electron chi connectivity index (χ2n) is 9.69. The fraction of sp³-hybridized carbons (Fsp3) is 0.519. The van der Waals surface area contributed by atoms with Crippen molar-refractivity contribution < 1.29 is 23.9 Å². The summed E-state index contributed by atoms with van der Waals surface area (Å²) in [6.45, 7) is 3.41. The number of carbonyl (C=O) groups is 1. The molecule has 2 fully saturated rings. The molecule has 0 aromatic heterocycles. The van der Waals surface area contributed by atoms with Gasteiger partial charge < -0.3 is 19.1 Å². The van der Waals surface area contributed by atoms with Crippen LogP contribution in [0.4, 0.5) is 0 Å². The molecule has 1 aliphatic heterocycles. The molecule has 2 aromatic rings. The largest absolute Gasteiger partial charge is 0.493 e. The third kappa shape index (κ3) is 5.16. The summed E-state index contributed by atoms with van der Waals surface area (Å²) in [7, 11) is 2.22. The van der Waals surface area contributed by atoms with Crippen LogP contribution in [0.15, 0.2) is 60.7 Å². The highest BCUT2D eigenvalue weighted by atomic mass is 16.6. The maximum Gasteiger partial charge on any atom is 0.343 e. The number of hydrogen-bond donors (Lipinski definition) is 1. The van der Waals surface area contributed by atoms with E-state index >= 15 is 0 Å². The van der Waals surface area contributed by atoms with Crippen LogP contribution in [0.2, 0.25) is 0 Å². The van der Waals surface area contributed by atoms with E-state index in [9.17, 15) is 9.90 Å². The Kier molecular flexibility index (Phi) is 7.17. The summed E-state index contributed by atoms with van der Waals surface area (Å²) in [5, 5.41) is 11.6. The molecule has 0 amide bonds. The van der Waals surface area contributed by atoms with Gasteiger partial charge in [0.25, 0.3) is 0 Å². The van der Waals surface area contributed by atoms with Crippen molar-refractivity contribution in [2.75, 3.05) is 33.3 Å². The predicted molar refractivity (Wildman–Crippen MR) is 124 cm³/mol. The SMILES string of the molecule is C[N+]1(CCCOc2ccccc2)CCC(OC(=O)C(O)(c2ccccc2)C2CCCC2)C1. The molecule has 1 saturated heterocycles. The van der Waals surface area contributed by atoms with E-state index in [-0.39, 0.29) is 12.0 Å². The van der Waals surface area contributed by atoms with Crippen molar-refractivity contribution in [1.82, 2.24) is 0 Å². The average molecular weight is 439 g/mol. The van der Waals surface area contributed by atoms with Gasteiger partial charge in [-0.25, -0.2) is 4.79 Å². The number of carbonyl (C=O) groups excluding carboxylic acids is 1. The van der Waals surface area contributed by atoms with E-state index in [0.29, 0.717) is 12.2 Å². The number of ether oxygens (including phenoxy) is 2. The Bertz CT molecular complexity index is 868. The number of hydrogen-bond acceptors (Lipinski definition) is 4. The molecule has 1 aliphatic carbocycles. The third-order valence-corrected chi connectivity index (χ3v) is 7.23. The van der Waals surface area contributed by atoms with E-state index in [1.54, 1.807) is 0 Å². The van der Waals surface area contributed by atoms with Crippen LogP contribution in [0.3, 0.4) is 0 Å². The van der Waals surface area contributed by atoms with Gasteiger partial charge in [0.2, 0.25) is 0 Å². The summed E-state index contributed by atoms with van der Waals surface area (Å²) in [6.07, 6.45) is 5.45. The zero-order chi connectivity index (χ0) is 22.4. The van der Waals surface area contributed by atoms with E-state index in [1.165, 1.54) is 0 Å². The second kappa shape index (κ2) is 10.1. The van der Waals surface area contributed by atoms with Crippen molar-refractivity contribution in [2.24, 2.45) is 5.92 Å². The summed E-state index contributed by atoms with van der Waals surface area (Å²) in [4.78, 5) is 13.3. The van der Waals surface area contributed by atoms with Gasteiger partial charge in [-0.1, -0.05) is 61.4 Å². The van der Waals surface area contributed by atoms with Crippen molar-refractivity contribution in [1.29, 1.82) is 0 Å². The van der Waals surface area contributed by atoms with Crippen LogP contribution in [0, 0.1) is 5.92 Å². The molecule has 1 N–H and O–H groups in total. The first-order chi connectivity index (χ1) is 15.5. The molecule has 0 bridgehead atoms. The number of esters is 1. The number of likely N-dealkylation sites (N-methyl/N-ethyl adjacent to an activating group) is 1. The Morgan fingerprint density at radius 3 is 2.38 bits per heavy atom. The lowest BCUT2D eigenvalue weighted by molar-refractivity contribution is -0.899. The number of nitrogens with zero attached hydrogens (tertiary/aromatic N) is 1. The van der Waals surface area contributed by atoms with Crippen molar-refractivity contribution >= 4 is 5.97 Å². The van der Waals surface area contributed by atoms with Crippen molar-refractivity contribution in [3.05, 3.63) is 66.2 Å². The zero-order valence-corrected chi connectivity index (χ0v) is 19.1. The molecule has 1 saturated carbocycles. The Labute approximate surface area is 191 Å². The second-order valence-corrected chi connectivity index (χ2v) is 9.69. The fourth-order valence-electron chi connectivity index (χ4n) is 5.38. The molecule has 0 spiro atoms. The lowest BCUT2D eigenvalue weighted by atomic mass is 9.80. The van der Waals surface area contributed by atoms with Gasteiger partial charge in [-0.15, -0.1) is 0 Å². The van der Waals surface area contributed by atoms with Crippen molar-refractivity contribution in [2.45, 2.75) is 50.2 Å². The number of likely N-dealkylation sites (tertiary alicyclic amines) is 1. The van der Waals surface area contributed by atoms with Crippen LogP contribution in [0.5, 0.6) is 5.75 Å². The number of benzene rings is 2. The highest BCUT2D eigenvalue weighted by Crippen LogP contribution is 2.42. The van der Waals surface area contributed by atoms with E-state index < -0.39 is 11.6 Å². The van der Waals surface area contributed by atoms with Gasteiger partial charge in [-0.2, -0.15) is 0 Å². The molecular weight excluding hydrogens is 402 g/mol. The van der Waals surface area contributed by atoms with Gasteiger partial charge in [-0.05, 0) is 30.5 Å². The summed E-state index contributed by atoms with van der Waals surface area (Å²) in [5.41, 5.74) is -0.891. The van der Waals surface area contributed by atoms with Gasteiger partial charge >= 0.3 is 5.97 Å². The molecule has 0 radical (unpaired) electrons. The van der Waals surface area contributed by atoms with Crippen LogP contribution < -0.4 is 4.74 Å². The topological polar surface area (TPSA) is 55.8 Å². The quantitative estimate of drug-likeness (QED) is 0.360. The Balaban J connectivity index is 1.32. The maximum atomic E-state index is 13.3. The lowest BCUT2D eigenvalue weighted by Crippen LogP contribution is -2.47. The molecule has 1 heterocycles. The van der Waals surface area contributed by atoms with E-state index in [1.807, 2.05) is 60.7 Å². The smallest absolute Gasteiger partial charge is 0.343 e. The van der Waals surface area contributed by atoms with Crippen LogP contribution in [-0.2, 0) is 15.1 Å². The first kappa shape index (κ1) is 22.8. The highest BCUT2D eigenvalue weighted by Gasteiger charge is 2.49. The Hall–Kier alpha value is -2.37. The van der Waals surface area contributed by atoms with Crippen LogP contribution in [0.1, 0.15) is 44.1 Å². The minimum atomic E-state index is -1.55. The average Bonchev–Trinajstić information content (AvgIpc) is 3.48. The van der Waals surface area contributed by atoms with Gasteiger partial charge in [0.15, 0.2) is 11.7 Å². The zero-order valence-electron chi connectivity index (χ0n) is 19.1. The van der Waals surface area contributed by atoms with Crippen LogP contribution in [-0.4, -0.2) is 55.0 Å². The third-order valence-electron chi connectivity index (χ3n) is 7.23. The molecule has 3 unspecified atom stereocenters. The van der Waals surface area contributed by atoms with Gasteiger partial charge in [0.1, 0.15) is 12.3 Å². The van der Waals surface area contributed by atoms with Gasteiger partial charge in [0, 0.05) is 18.8 Å². The number of rotatable bonds is 9. The van der Waals surface area contributed by atoms with Crippen molar-refractivity contribution in [3.63, 3.8) is 0 Å². The highest BCUT2D eigenvalue weighted by molar-refractivity contribution is 5.81. The molecule has 2 aliphatic rings. The minimum absolute atomic E-state index is 0.0742. The number of para-hydroxylation sites is 1. The number of aliphatic hydroxyl groups is 1. The molecular formula is C27H36NO4+. The van der Waals surface area contributed by atoms with Gasteiger partial charge in [-0.3, -0.25) is 0 Å². The molecule has 5 heteroatoms. The first-order valence-corrected chi connectivity index (χ1v) is 12.0. The normalized spacial score (nSPS) is 25.4.